The minimum atomic E-state index is 0.0754. The molecule has 0 aliphatic rings. The van der Waals surface area contributed by atoms with E-state index in [0.717, 1.165) is 17.0 Å². The van der Waals surface area contributed by atoms with E-state index in [2.05, 4.69) is 4.98 Å². The van der Waals surface area contributed by atoms with Crippen molar-refractivity contribution >= 4 is 5.78 Å². The van der Waals surface area contributed by atoms with Crippen LogP contribution in [0.15, 0.2) is 35.1 Å². The average Bonchev–Trinajstić information content (AvgIpc) is 2.70. The number of Topliss-reactive ketones (excluding diaryl/α,β-unsaturated/α-hetero) is 1. The van der Waals surface area contributed by atoms with Crippen molar-refractivity contribution in [3.63, 3.8) is 0 Å². The molecule has 0 bridgehead atoms. The molecule has 0 radical (unpaired) electrons. The molecule has 0 saturated heterocycles. The van der Waals surface area contributed by atoms with Crippen LogP contribution in [0.2, 0.25) is 0 Å². The van der Waals surface area contributed by atoms with E-state index in [1.54, 1.807) is 18.6 Å². The van der Waals surface area contributed by atoms with Crippen LogP contribution < -0.4 is 0 Å². The summed E-state index contributed by atoms with van der Waals surface area (Å²) in [5.74, 6) is 0.0754. The Labute approximate surface area is 94.1 Å². The van der Waals surface area contributed by atoms with Gasteiger partial charge >= 0.3 is 0 Å². The van der Waals surface area contributed by atoms with Crippen molar-refractivity contribution in [2.45, 2.75) is 20.3 Å². The molecule has 0 spiro atoms. The third kappa shape index (κ3) is 2.19. The molecule has 0 amide bonds. The molecule has 16 heavy (non-hydrogen) atoms. The van der Waals surface area contributed by atoms with Crippen LogP contribution in [0.1, 0.15) is 27.3 Å². The van der Waals surface area contributed by atoms with Gasteiger partial charge in [0.2, 0.25) is 0 Å². The molecule has 2 aromatic heterocycles. The lowest BCUT2D eigenvalue weighted by Gasteiger charge is -2.03. The normalized spacial score (nSPS) is 10.4. The molecule has 82 valence electrons. The van der Waals surface area contributed by atoms with Crippen molar-refractivity contribution in [3.05, 3.63) is 53.2 Å². The van der Waals surface area contributed by atoms with Crippen molar-refractivity contribution in [2.24, 2.45) is 0 Å². The summed E-state index contributed by atoms with van der Waals surface area (Å²) in [5, 5.41) is 0. The highest BCUT2D eigenvalue weighted by atomic mass is 16.3. The first-order valence-electron chi connectivity index (χ1n) is 5.15. The number of carbonyl (C=O) groups is 1. The molecule has 3 nitrogen and oxygen atoms in total. The topological polar surface area (TPSA) is 43.1 Å². The van der Waals surface area contributed by atoms with Crippen LogP contribution in [0.5, 0.6) is 0 Å². The van der Waals surface area contributed by atoms with Gasteiger partial charge in [-0.1, -0.05) is 0 Å². The Hall–Kier alpha value is -1.90. The van der Waals surface area contributed by atoms with Crippen molar-refractivity contribution in [1.82, 2.24) is 4.98 Å². The highest BCUT2D eigenvalue weighted by Gasteiger charge is 2.11. The van der Waals surface area contributed by atoms with Crippen LogP contribution in [0, 0.1) is 13.8 Å². The van der Waals surface area contributed by atoms with E-state index in [1.807, 2.05) is 26.0 Å². The molecule has 0 atom stereocenters. The van der Waals surface area contributed by atoms with Crippen molar-refractivity contribution in [2.75, 3.05) is 0 Å². The monoisotopic (exact) mass is 215 g/mol. The molecule has 0 aliphatic carbocycles. The Morgan fingerprint density at radius 3 is 2.75 bits per heavy atom. The fourth-order valence-corrected chi connectivity index (χ4v) is 1.66. The lowest BCUT2D eigenvalue weighted by atomic mass is 10.0. The second-order valence-electron chi connectivity index (χ2n) is 3.82. The van der Waals surface area contributed by atoms with E-state index < -0.39 is 0 Å². The highest BCUT2D eigenvalue weighted by Crippen LogP contribution is 2.11. The van der Waals surface area contributed by atoms with Gasteiger partial charge in [-0.3, -0.25) is 9.78 Å². The van der Waals surface area contributed by atoms with Crippen LogP contribution in [0.3, 0.4) is 0 Å². The molecule has 0 aliphatic heterocycles. The Morgan fingerprint density at radius 2 is 2.12 bits per heavy atom. The lowest BCUT2D eigenvalue weighted by Crippen LogP contribution is -2.06. The third-order valence-electron chi connectivity index (χ3n) is 2.47. The molecule has 0 N–H and O–H groups in total. The van der Waals surface area contributed by atoms with E-state index in [1.165, 1.54) is 0 Å². The maximum atomic E-state index is 12.0. The van der Waals surface area contributed by atoms with Gasteiger partial charge in [0.25, 0.3) is 0 Å². The second kappa shape index (κ2) is 4.31. The summed E-state index contributed by atoms with van der Waals surface area (Å²) in [5.41, 5.74) is 3.29. The molecule has 2 rings (SSSR count). The summed E-state index contributed by atoms with van der Waals surface area (Å²) in [4.78, 5) is 16.2. The van der Waals surface area contributed by atoms with E-state index in [9.17, 15) is 4.79 Å². The van der Waals surface area contributed by atoms with E-state index in [-0.39, 0.29) is 5.78 Å². The molecule has 0 aromatic carbocycles. The highest BCUT2D eigenvalue weighted by molar-refractivity contribution is 5.98. The van der Waals surface area contributed by atoms with Gasteiger partial charge in [0.1, 0.15) is 0 Å². The van der Waals surface area contributed by atoms with Gasteiger partial charge in [-0.15, -0.1) is 0 Å². The standard InChI is InChI=1S/C13H13NO2/c1-9-3-4-12(10(2)14-9)13(15)7-11-5-6-16-8-11/h3-6,8H,7H2,1-2H3. The fourth-order valence-electron chi connectivity index (χ4n) is 1.66. The zero-order valence-electron chi connectivity index (χ0n) is 9.36. The van der Waals surface area contributed by atoms with Crippen molar-refractivity contribution in [1.29, 1.82) is 0 Å². The number of furan rings is 1. The zero-order chi connectivity index (χ0) is 11.5. The molecule has 0 unspecified atom stereocenters. The maximum Gasteiger partial charge on any atom is 0.169 e. The molecule has 2 aromatic rings. The number of rotatable bonds is 3. The number of nitrogens with zero attached hydrogens (tertiary/aromatic N) is 1. The number of carbonyl (C=O) groups excluding carboxylic acids is 1. The number of aryl methyl sites for hydroxylation is 2. The van der Waals surface area contributed by atoms with Crippen LogP contribution >= 0.6 is 0 Å². The van der Waals surface area contributed by atoms with Gasteiger partial charge in [0.15, 0.2) is 5.78 Å². The summed E-state index contributed by atoms with van der Waals surface area (Å²) in [7, 11) is 0. The SMILES string of the molecule is Cc1ccc(C(=O)Cc2ccoc2)c(C)n1. The molecule has 3 heteroatoms. The summed E-state index contributed by atoms with van der Waals surface area (Å²) in [6.07, 6.45) is 3.53. The van der Waals surface area contributed by atoms with E-state index in [4.69, 9.17) is 4.42 Å². The summed E-state index contributed by atoms with van der Waals surface area (Å²) >= 11 is 0. The van der Waals surface area contributed by atoms with Crippen LogP contribution in [-0.2, 0) is 6.42 Å². The number of aromatic nitrogens is 1. The summed E-state index contributed by atoms with van der Waals surface area (Å²) in [6.45, 7) is 3.77. The van der Waals surface area contributed by atoms with Gasteiger partial charge in [0, 0.05) is 23.4 Å². The second-order valence-corrected chi connectivity index (χ2v) is 3.82. The zero-order valence-corrected chi connectivity index (χ0v) is 9.36. The Kier molecular flexibility index (Phi) is 2.86. The van der Waals surface area contributed by atoms with E-state index in [0.29, 0.717) is 12.0 Å². The number of hydrogen-bond donors (Lipinski definition) is 0. The summed E-state index contributed by atoms with van der Waals surface area (Å²) < 4.78 is 4.93. The summed E-state index contributed by atoms with van der Waals surface area (Å²) in [6, 6.07) is 5.49. The molecular weight excluding hydrogens is 202 g/mol. The number of ketones is 1. The van der Waals surface area contributed by atoms with Crippen LogP contribution in [0.25, 0.3) is 0 Å². The minimum Gasteiger partial charge on any atom is -0.472 e. The van der Waals surface area contributed by atoms with Crippen LogP contribution in [0.4, 0.5) is 0 Å². The lowest BCUT2D eigenvalue weighted by molar-refractivity contribution is 0.0992. The number of pyridine rings is 1. The Balaban J connectivity index is 2.21. The van der Waals surface area contributed by atoms with Crippen LogP contribution in [-0.4, -0.2) is 10.8 Å². The Morgan fingerprint density at radius 1 is 1.31 bits per heavy atom. The van der Waals surface area contributed by atoms with Gasteiger partial charge in [-0.25, -0.2) is 0 Å². The largest absolute Gasteiger partial charge is 0.472 e. The maximum absolute atomic E-state index is 12.0. The fraction of sp³-hybridized carbons (Fsp3) is 0.231. The van der Waals surface area contributed by atoms with Crippen molar-refractivity contribution < 1.29 is 9.21 Å². The third-order valence-corrected chi connectivity index (χ3v) is 2.47. The van der Waals surface area contributed by atoms with Gasteiger partial charge in [-0.05, 0) is 37.6 Å². The van der Waals surface area contributed by atoms with Gasteiger partial charge in [0.05, 0.1) is 12.5 Å². The first-order valence-corrected chi connectivity index (χ1v) is 5.15. The van der Waals surface area contributed by atoms with E-state index >= 15 is 0 Å². The molecular formula is C13H13NO2. The smallest absolute Gasteiger partial charge is 0.169 e. The first-order chi connectivity index (χ1) is 7.66. The Bertz CT molecular complexity index is 501. The number of hydrogen-bond acceptors (Lipinski definition) is 3. The van der Waals surface area contributed by atoms with Gasteiger partial charge in [-0.2, -0.15) is 0 Å². The minimum absolute atomic E-state index is 0.0754. The van der Waals surface area contributed by atoms with Gasteiger partial charge < -0.3 is 4.42 Å². The predicted molar refractivity (Wildman–Crippen MR) is 60.5 cm³/mol. The molecule has 0 saturated carbocycles. The predicted octanol–water partition coefficient (Wildman–Crippen LogP) is 2.72. The van der Waals surface area contributed by atoms with Crippen molar-refractivity contribution in [3.8, 4) is 0 Å². The first kappa shape index (κ1) is 10.6. The molecule has 2 heterocycles. The molecule has 0 fully saturated rings. The average molecular weight is 215 g/mol. The quantitative estimate of drug-likeness (QED) is 0.739.